The average Bonchev–Trinajstić information content (AvgIpc) is 2.94. The van der Waals surface area contributed by atoms with Crippen LogP contribution < -0.4 is 0 Å². The molecule has 0 bridgehead atoms. The molecular weight excluding hydrogens is 324 g/mol. The van der Waals surface area contributed by atoms with Gasteiger partial charge in [-0.05, 0) is 30.5 Å². The molecule has 6 heteroatoms. The minimum absolute atomic E-state index is 0.141. The minimum Gasteiger partial charge on any atom is -0.477 e. The number of nitrogens with zero attached hydrogens (tertiary/aromatic N) is 2. The molecule has 0 saturated heterocycles. The second-order valence-corrected chi connectivity index (χ2v) is 5.43. The van der Waals surface area contributed by atoms with E-state index in [1.165, 1.54) is 0 Å². The van der Waals surface area contributed by atoms with Crippen LogP contribution in [0, 0.1) is 6.92 Å². The van der Waals surface area contributed by atoms with Crippen molar-refractivity contribution in [2.45, 2.75) is 13.5 Å². The third kappa shape index (κ3) is 2.12. The SMILES string of the molecule is Cc1onc(Cn2ccc3ccc(Br)cc32)c1C(=O)O. The van der Waals surface area contributed by atoms with E-state index in [4.69, 9.17) is 4.52 Å². The maximum atomic E-state index is 11.2. The van der Waals surface area contributed by atoms with E-state index in [9.17, 15) is 9.90 Å². The van der Waals surface area contributed by atoms with Gasteiger partial charge in [0.1, 0.15) is 17.0 Å². The quantitative estimate of drug-likeness (QED) is 0.796. The molecule has 0 amide bonds. The molecule has 0 spiro atoms. The number of hydrogen-bond donors (Lipinski definition) is 1. The number of carboxylic acids is 1. The Bertz CT molecular complexity index is 804. The zero-order chi connectivity index (χ0) is 14.3. The summed E-state index contributed by atoms with van der Waals surface area (Å²) in [6.45, 7) is 1.96. The van der Waals surface area contributed by atoms with Gasteiger partial charge in [0.25, 0.3) is 0 Å². The van der Waals surface area contributed by atoms with Crippen LogP contribution in [0.5, 0.6) is 0 Å². The van der Waals surface area contributed by atoms with Crippen LogP contribution in [0.25, 0.3) is 10.9 Å². The molecule has 0 aliphatic heterocycles. The minimum atomic E-state index is -1.02. The number of aryl methyl sites for hydroxylation is 1. The molecule has 0 radical (unpaired) electrons. The van der Waals surface area contributed by atoms with Crippen molar-refractivity contribution in [1.29, 1.82) is 0 Å². The number of carboxylic acid groups (broad SMARTS) is 1. The Balaban J connectivity index is 2.06. The van der Waals surface area contributed by atoms with Gasteiger partial charge in [-0.25, -0.2) is 4.79 Å². The summed E-state index contributed by atoms with van der Waals surface area (Å²) in [6, 6.07) is 7.94. The van der Waals surface area contributed by atoms with E-state index < -0.39 is 5.97 Å². The van der Waals surface area contributed by atoms with Crippen LogP contribution >= 0.6 is 15.9 Å². The lowest BCUT2D eigenvalue weighted by molar-refractivity contribution is 0.0694. The fourth-order valence-electron chi connectivity index (χ4n) is 2.26. The van der Waals surface area contributed by atoms with E-state index >= 15 is 0 Å². The molecule has 3 rings (SSSR count). The van der Waals surface area contributed by atoms with Crippen molar-refractivity contribution in [2.75, 3.05) is 0 Å². The Morgan fingerprint density at radius 2 is 2.25 bits per heavy atom. The predicted molar refractivity (Wildman–Crippen MR) is 76.9 cm³/mol. The molecule has 20 heavy (non-hydrogen) atoms. The first kappa shape index (κ1) is 12.9. The third-order valence-corrected chi connectivity index (χ3v) is 3.70. The molecule has 3 aromatic rings. The summed E-state index contributed by atoms with van der Waals surface area (Å²) in [5.41, 5.74) is 1.57. The molecule has 1 aromatic carbocycles. The summed E-state index contributed by atoms with van der Waals surface area (Å²) in [6.07, 6.45) is 1.91. The lowest BCUT2D eigenvalue weighted by Gasteiger charge is -2.04. The van der Waals surface area contributed by atoms with Crippen LogP contribution in [-0.4, -0.2) is 20.8 Å². The monoisotopic (exact) mass is 334 g/mol. The number of carbonyl (C=O) groups is 1. The smallest absolute Gasteiger partial charge is 0.341 e. The van der Waals surface area contributed by atoms with E-state index in [-0.39, 0.29) is 5.56 Å². The molecule has 0 aliphatic rings. The second-order valence-electron chi connectivity index (χ2n) is 4.51. The van der Waals surface area contributed by atoms with E-state index in [0.29, 0.717) is 18.0 Å². The molecule has 0 aliphatic carbocycles. The normalized spacial score (nSPS) is 11.1. The van der Waals surface area contributed by atoms with Crippen molar-refractivity contribution >= 4 is 32.8 Å². The fourth-order valence-corrected chi connectivity index (χ4v) is 2.61. The van der Waals surface area contributed by atoms with E-state index in [0.717, 1.165) is 15.4 Å². The van der Waals surface area contributed by atoms with Gasteiger partial charge in [-0.2, -0.15) is 0 Å². The van der Waals surface area contributed by atoms with Crippen molar-refractivity contribution in [3.8, 4) is 0 Å². The standard InChI is InChI=1S/C14H11BrN2O3/c1-8-13(14(18)19)11(16-20-8)7-17-5-4-9-2-3-10(15)6-12(9)17/h2-6H,7H2,1H3,(H,18,19). The molecule has 0 atom stereocenters. The summed E-state index contributed by atoms with van der Waals surface area (Å²) in [5, 5.41) is 14.1. The van der Waals surface area contributed by atoms with Gasteiger partial charge >= 0.3 is 5.97 Å². The Morgan fingerprint density at radius 3 is 3.00 bits per heavy atom. The molecule has 0 saturated carbocycles. The lowest BCUT2D eigenvalue weighted by Crippen LogP contribution is -2.06. The van der Waals surface area contributed by atoms with Crippen molar-refractivity contribution in [3.05, 3.63) is 52.0 Å². The Hall–Kier alpha value is -2.08. The van der Waals surface area contributed by atoms with Gasteiger partial charge in [-0.3, -0.25) is 0 Å². The molecule has 2 aromatic heterocycles. The van der Waals surface area contributed by atoms with E-state index in [1.807, 2.05) is 35.0 Å². The van der Waals surface area contributed by atoms with Gasteiger partial charge in [0.2, 0.25) is 0 Å². The van der Waals surface area contributed by atoms with E-state index in [2.05, 4.69) is 21.1 Å². The number of aromatic carboxylic acids is 1. The summed E-state index contributed by atoms with van der Waals surface area (Å²) in [5.74, 6) is -0.693. The van der Waals surface area contributed by atoms with Crippen molar-refractivity contribution < 1.29 is 14.4 Å². The van der Waals surface area contributed by atoms with Crippen LogP contribution in [0.2, 0.25) is 0 Å². The Labute approximate surface area is 122 Å². The van der Waals surface area contributed by atoms with Crippen molar-refractivity contribution in [1.82, 2.24) is 9.72 Å². The van der Waals surface area contributed by atoms with Crippen LogP contribution in [-0.2, 0) is 6.54 Å². The van der Waals surface area contributed by atoms with Gasteiger partial charge in [-0.1, -0.05) is 27.2 Å². The topological polar surface area (TPSA) is 68.3 Å². The van der Waals surface area contributed by atoms with Gasteiger partial charge in [0, 0.05) is 16.2 Å². The first-order valence-electron chi connectivity index (χ1n) is 5.99. The molecular formula is C14H11BrN2O3. The first-order chi connectivity index (χ1) is 9.56. The molecule has 0 unspecified atom stereocenters. The Kier molecular flexibility index (Phi) is 3.10. The number of halogens is 1. The van der Waals surface area contributed by atoms with Crippen LogP contribution in [0.4, 0.5) is 0 Å². The average molecular weight is 335 g/mol. The third-order valence-electron chi connectivity index (χ3n) is 3.20. The summed E-state index contributed by atoms with van der Waals surface area (Å²) >= 11 is 3.44. The Morgan fingerprint density at radius 1 is 1.45 bits per heavy atom. The number of fused-ring (bicyclic) bond motifs is 1. The fraction of sp³-hybridized carbons (Fsp3) is 0.143. The van der Waals surface area contributed by atoms with Gasteiger partial charge < -0.3 is 14.2 Å². The maximum Gasteiger partial charge on any atom is 0.341 e. The largest absolute Gasteiger partial charge is 0.477 e. The van der Waals surface area contributed by atoms with Gasteiger partial charge in [0.15, 0.2) is 0 Å². The number of hydrogen-bond acceptors (Lipinski definition) is 3. The number of aromatic nitrogens is 2. The summed E-state index contributed by atoms with van der Waals surface area (Å²) in [4.78, 5) is 11.2. The molecule has 5 nitrogen and oxygen atoms in total. The number of rotatable bonds is 3. The van der Waals surface area contributed by atoms with Gasteiger partial charge in [0.05, 0.1) is 6.54 Å². The highest BCUT2D eigenvalue weighted by atomic mass is 79.9. The van der Waals surface area contributed by atoms with Crippen LogP contribution in [0.3, 0.4) is 0 Å². The maximum absolute atomic E-state index is 11.2. The highest BCUT2D eigenvalue weighted by molar-refractivity contribution is 9.10. The molecule has 2 heterocycles. The molecule has 1 N–H and O–H groups in total. The molecule has 102 valence electrons. The predicted octanol–water partition coefficient (Wildman–Crippen LogP) is 3.45. The highest BCUT2D eigenvalue weighted by Gasteiger charge is 2.20. The second kappa shape index (κ2) is 4.79. The highest BCUT2D eigenvalue weighted by Crippen LogP contribution is 2.23. The van der Waals surface area contributed by atoms with Gasteiger partial charge in [-0.15, -0.1) is 0 Å². The lowest BCUT2D eigenvalue weighted by atomic mass is 10.2. The van der Waals surface area contributed by atoms with E-state index in [1.54, 1.807) is 6.92 Å². The molecule has 0 fully saturated rings. The van der Waals surface area contributed by atoms with Crippen molar-refractivity contribution in [2.24, 2.45) is 0 Å². The zero-order valence-corrected chi connectivity index (χ0v) is 12.2. The summed E-state index contributed by atoms with van der Waals surface area (Å²) < 4.78 is 7.91. The summed E-state index contributed by atoms with van der Waals surface area (Å²) in [7, 11) is 0. The number of benzene rings is 1. The van der Waals surface area contributed by atoms with Crippen LogP contribution in [0.1, 0.15) is 21.8 Å². The van der Waals surface area contributed by atoms with Crippen molar-refractivity contribution in [3.63, 3.8) is 0 Å². The zero-order valence-electron chi connectivity index (χ0n) is 10.6. The van der Waals surface area contributed by atoms with Crippen LogP contribution in [0.15, 0.2) is 39.5 Å². The first-order valence-corrected chi connectivity index (χ1v) is 6.78.